The van der Waals surface area contributed by atoms with Gasteiger partial charge >= 0.3 is 0 Å². The highest BCUT2D eigenvalue weighted by Crippen LogP contribution is 2.25. The number of hydrogen-bond acceptors (Lipinski definition) is 3. The highest BCUT2D eigenvalue weighted by atomic mass is 35.5. The standard InChI is InChI=1S/C18H17ClN4O/c1-22(11-13-10-21-23(2)12-13)18(24)15-9-14(6-7-16(15)19)17-5-3-4-8-20-17/h3-10,12H,11H2,1-2H3. The molecule has 0 fully saturated rings. The molecular formula is C18H17ClN4O. The third-order valence-corrected chi connectivity index (χ3v) is 4.01. The van der Waals surface area contributed by atoms with Crippen LogP contribution in [0.25, 0.3) is 11.3 Å². The molecule has 3 rings (SSSR count). The van der Waals surface area contributed by atoms with Crippen LogP contribution in [0.2, 0.25) is 5.02 Å². The fourth-order valence-electron chi connectivity index (χ4n) is 2.49. The molecule has 0 bridgehead atoms. The monoisotopic (exact) mass is 340 g/mol. The Morgan fingerprint density at radius 2 is 2.12 bits per heavy atom. The molecule has 1 aromatic carbocycles. The van der Waals surface area contributed by atoms with Crippen molar-refractivity contribution in [1.82, 2.24) is 19.7 Å². The maximum atomic E-state index is 12.8. The van der Waals surface area contributed by atoms with E-state index in [1.165, 1.54) is 0 Å². The number of carbonyl (C=O) groups excluding carboxylic acids is 1. The molecule has 0 aliphatic heterocycles. The van der Waals surface area contributed by atoms with E-state index in [1.54, 1.807) is 41.2 Å². The summed E-state index contributed by atoms with van der Waals surface area (Å²) in [6.45, 7) is 0.469. The maximum absolute atomic E-state index is 12.8. The van der Waals surface area contributed by atoms with Gasteiger partial charge in [-0.3, -0.25) is 14.5 Å². The lowest BCUT2D eigenvalue weighted by atomic mass is 10.1. The topological polar surface area (TPSA) is 51.0 Å². The Labute approximate surface area is 145 Å². The van der Waals surface area contributed by atoms with E-state index in [0.717, 1.165) is 16.8 Å². The highest BCUT2D eigenvalue weighted by molar-refractivity contribution is 6.34. The minimum absolute atomic E-state index is 0.137. The molecule has 0 atom stereocenters. The Morgan fingerprint density at radius 3 is 2.79 bits per heavy atom. The molecule has 0 saturated heterocycles. The molecule has 0 unspecified atom stereocenters. The Bertz CT molecular complexity index is 860. The molecule has 5 nitrogen and oxygen atoms in total. The van der Waals surface area contributed by atoms with E-state index in [-0.39, 0.29) is 5.91 Å². The van der Waals surface area contributed by atoms with E-state index in [2.05, 4.69) is 10.1 Å². The number of pyridine rings is 1. The van der Waals surface area contributed by atoms with Crippen LogP contribution in [0.4, 0.5) is 0 Å². The smallest absolute Gasteiger partial charge is 0.255 e. The zero-order valence-corrected chi connectivity index (χ0v) is 14.2. The number of benzene rings is 1. The Balaban J connectivity index is 1.86. The van der Waals surface area contributed by atoms with Crippen molar-refractivity contribution in [3.63, 3.8) is 0 Å². The highest BCUT2D eigenvalue weighted by Gasteiger charge is 2.17. The summed E-state index contributed by atoms with van der Waals surface area (Å²) in [7, 11) is 3.59. The Morgan fingerprint density at radius 1 is 1.29 bits per heavy atom. The summed E-state index contributed by atoms with van der Waals surface area (Å²) in [6, 6.07) is 11.0. The van der Waals surface area contributed by atoms with Crippen molar-refractivity contribution in [2.24, 2.45) is 7.05 Å². The first kappa shape index (κ1) is 16.2. The minimum atomic E-state index is -0.137. The van der Waals surface area contributed by atoms with Gasteiger partial charge in [0.15, 0.2) is 0 Å². The molecule has 0 aliphatic rings. The van der Waals surface area contributed by atoms with Crippen molar-refractivity contribution in [3.8, 4) is 11.3 Å². The second-order valence-electron chi connectivity index (χ2n) is 5.59. The SMILES string of the molecule is CN(Cc1cnn(C)c1)C(=O)c1cc(-c2ccccn2)ccc1Cl. The van der Waals surface area contributed by atoms with E-state index in [0.29, 0.717) is 17.1 Å². The second-order valence-corrected chi connectivity index (χ2v) is 6.00. The molecule has 122 valence electrons. The Kier molecular flexibility index (Phi) is 4.62. The molecule has 1 amide bonds. The van der Waals surface area contributed by atoms with Crippen molar-refractivity contribution in [2.45, 2.75) is 6.54 Å². The lowest BCUT2D eigenvalue weighted by Gasteiger charge is -2.17. The van der Waals surface area contributed by atoms with E-state index in [9.17, 15) is 4.79 Å². The van der Waals surface area contributed by atoms with Gasteiger partial charge < -0.3 is 4.90 Å². The third-order valence-electron chi connectivity index (χ3n) is 3.68. The zero-order chi connectivity index (χ0) is 17.1. The summed E-state index contributed by atoms with van der Waals surface area (Å²) in [5, 5.41) is 4.55. The average Bonchev–Trinajstić information content (AvgIpc) is 3.00. The van der Waals surface area contributed by atoms with Crippen molar-refractivity contribution in [3.05, 3.63) is 71.1 Å². The van der Waals surface area contributed by atoms with Crippen LogP contribution in [0.1, 0.15) is 15.9 Å². The van der Waals surface area contributed by atoms with Crippen LogP contribution in [-0.4, -0.2) is 32.6 Å². The van der Waals surface area contributed by atoms with E-state index >= 15 is 0 Å². The minimum Gasteiger partial charge on any atom is -0.337 e. The molecule has 2 aromatic heterocycles. The normalized spacial score (nSPS) is 10.6. The van der Waals surface area contributed by atoms with Crippen molar-refractivity contribution in [2.75, 3.05) is 7.05 Å². The molecule has 2 heterocycles. The molecule has 24 heavy (non-hydrogen) atoms. The molecular weight excluding hydrogens is 324 g/mol. The number of hydrogen-bond donors (Lipinski definition) is 0. The predicted molar refractivity (Wildman–Crippen MR) is 93.7 cm³/mol. The number of nitrogens with zero attached hydrogens (tertiary/aromatic N) is 4. The fourth-order valence-corrected chi connectivity index (χ4v) is 2.69. The first-order valence-electron chi connectivity index (χ1n) is 7.48. The molecule has 0 aliphatic carbocycles. The van der Waals surface area contributed by atoms with Gasteiger partial charge in [-0.1, -0.05) is 23.7 Å². The van der Waals surface area contributed by atoms with Crippen molar-refractivity contribution in [1.29, 1.82) is 0 Å². The van der Waals surface area contributed by atoms with Crippen LogP contribution >= 0.6 is 11.6 Å². The van der Waals surface area contributed by atoms with E-state index in [1.807, 2.05) is 37.5 Å². The van der Waals surface area contributed by atoms with Crippen LogP contribution in [0, 0.1) is 0 Å². The summed E-state index contributed by atoms with van der Waals surface area (Å²) in [5.74, 6) is -0.137. The van der Waals surface area contributed by atoms with Gasteiger partial charge in [-0.15, -0.1) is 0 Å². The molecule has 0 spiro atoms. The lowest BCUT2D eigenvalue weighted by molar-refractivity contribution is 0.0785. The number of aromatic nitrogens is 3. The molecule has 0 saturated carbocycles. The average molecular weight is 341 g/mol. The second kappa shape index (κ2) is 6.84. The predicted octanol–water partition coefficient (Wildman–Crippen LogP) is 3.41. The first-order valence-corrected chi connectivity index (χ1v) is 7.86. The van der Waals surface area contributed by atoms with Crippen molar-refractivity contribution < 1.29 is 4.79 Å². The van der Waals surface area contributed by atoms with Gasteiger partial charge in [0.1, 0.15) is 0 Å². The fraction of sp³-hybridized carbons (Fsp3) is 0.167. The number of rotatable bonds is 4. The van der Waals surface area contributed by atoms with Crippen LogP contribution in [-0.2, 0) is 13.6 Å². The maximum Gasteiger partial charge on any atom is 0.255 e. The largest absolute Gasteiger partial charge is 0.337 e. The quantitative estimate of drug-likeness (QED) is 0.731. The van der Waals surface area contributed by atoms with Crippen molar-refractivity contribution >= 4 is 17.5 Å². The number of aryl methyl sites for hydroxylation is 1. The summed E-state index contributed by atoms with van der Waals surface area (Å²) in [6.07, 6.45) is 5.35. The van der Waals surface area contributed by atoms with Gasteiger partial charge in [0.25, 0.3) is 5.91 Å². The van der Waals surface area contributed by atoms with Gasteiger partial charge in [0.05, 0.1) is 22.5 Å². The van der Waals surface area contributed by atoms with Crippen LogP contribution in [0.3, 0.4) is 0 Å². The molecule has 0 N–H and O–H groups in total. The third kappa shape index (κ3) is 3.46. The zero-order valence-electron chi connectivity index (χ0n) is 13.5. The van der Waals surface area contributed by atoms with Crippen LogP contribution in [0.5, 0.6) is 0 Å². The van der Waals surface area contributed by atoms with Gasteiger partial charge in [0.2, 0.25) is 0 Å². The molecule has 3 aromatic rings. The molecule has 0 radical (unpaired) electrons. The summed E-state index contributed by atoms with van der Waals surface area (Å²) in [4.78, 5) is 18.7. The van der Waals surface area contributed by atoms with Crippen LogP contribution in [0.15, 0.2) is 55.0 Å². The van der Waals surface area contributed by atoms with Gasteiger partial charge in [0, 0.05) is 44.2 Å². The van der Waals surface area contributed by atoms with Gasteiger partial charge in [-0.05, 0) is 24.3 Å². The van der Waals surface area contributed by atoms with Gasteiger partial charge in [-0.25, -0.2) is 0 Å². The lowest BCUT2D eigenvalue weighted by Crippen LogP contribution is -2.26. The van der Waals surface area contributed by atoms with Crippen LogP contribution < -0.4 is 0 Å². The number of amides is 1. The summed E-state index contributed by atoms with van der Waals surface area (Å²) < 4.78 is 1.71. The van der Waals surface area contributed by atoms with E-state index < -0.39 is 0 Å². The number of halogens is 1. The summed E-state index contributed by atoms with van der Waals surface area (Å²) >= 11 is 6.25. The molecule has 6 heteroatoms. The van der Waals surface area contributed by atoms with E-state index in [4.69, 9.17) is 11.6 Å². The number of carbonyl (C=O) groups is 1. The van der Waals surface area contributed by atoms with Gasteiger partial charge in [-0.2, -0.15) is 5.10 Å². The first-order chi connectivity index (χ1) is 11.5. The summed E-state index contributed by atoms with van der Waals surface area (Å²) in [5.41, 5.74) is 3.09. The Hall–Kier alpha value is -2.66.